The Kier molecular flexibility index (Phi) is 2.68. The highest BCUT2D eigenvalue weighted by Crippen LogP contribution is 2.38. The summed E-state index contributed by atoms with van der Waals surface area (Å²) in [5, 5.41) is 20.6. The summed E-state index contributed by atoms with van der Waals surface area (Å²) in [4.78, 5) is 12.2. The molecule has 1 aromatic carbocycles. The zero-order valence-electron chi connectivity index (χ0n) is 9.14. The van der Waals surface area contributed by atoms with Gasteiger partial charge in [0.1, 0.15) is 0 Å². The van der Waals surface area contributed by atoms with Gasteiger partial charge in [0, 0.05) is 19.2 Å². The maximum absolute atomic E-state index is 10.8. The van der Waals surface area contributed by atoms with Crippen molar-refractivity contribution in [1.82, 2.24) is 0 Å². The average molecular weight is 222 g/mol. The fourth-order valence-electron chi connectivity index (χ4n) is 2.08. The molecule has 2 rings (SSSR count). The molecule has 0 saturated carbocycles. The first-order chi connectivity index (χ1) is 7.59. The lowest BCUT2D eigenvalue weighted by Gasteiger charge is -2.19. The highest BCUT2D eigenvalue weighted by Gasteiger charge is 2.23. The third kappa shape index (κ3) is 1.80. The normalized spacial score (nSPS) is 15.4. The minimum Gasteiger partial charge on any atom is -0.501 e. The van der Waals surface area contributed by atoms with Crippen molar-refractivity contribution in [2.45, 2.75) is 19.8 Å². The van der Waals surface area contributed by atoms with Crippen molar-refractivity contribution >= 4 is 11.4 Å². The molecule has 0 bridgehead atoms. The maximum Gasteiger partial charge on any atom is 0.313 e. The molecule has 1 aromatic rings. The molecule has 0 radical (unpaired) electrons. The molecule has 1 aliphatic heterocycles. The summed E-state index contributed by atoms with van der Waals surface area (Å²) in [5.74, 6) is -0.211. The van der Waals surface area contributed by atoms with Gasteiger partial charge in [0.2, 0.25) is 5.75 Å². The molecule has 5 heteroatoms. The Morgan fingerprint density at radius 2 is 2.00 bits per heavy atom. The van der Waals surface area contributed by atoms with Gasteiger partial charge in [-0.2, -0.15) is 0 Å². The van der Waals surface area contributed by atoms with E-state index in [2.05, 4.69) is 0 Å². The highest BCUT2D eigenvalue weighted by atomic mass is 16.6. The van der Waals surface area contributed by atoms with Crippen molar-refractivity contribution in [2.75, 3.05) is 18.0 Å². The summed E-state index contributed by atoms with van der Waals surface area (Å²) >= 11 is 0. The molecule has 0 aromatic heterocycles. The zero-order chi connectivity index (χ0) is 11.7. The lowest BCUT2D eigenvalue weighted by atomic mass is 10.1. The molecule has 1 fully saturated rings. The van der Waals surface area contributed by atoms with Gasteiger partial charge in [-0.3, -0.25) is 10.1 Å². The summed E-state index contributed by atoms with van der Waals surface area (Å²) in [7, 11) is 0. The van der Waals surface area contributed by atoms with Gasteiger partial charge in [-0.05, 0) is 31.4 Å². The lowest BCUT2D eigenvalue weighted by Crippen LogP contribution is -2.18. The van der Waals surface area contributed by atoms with E-state index in [9.17, 15) is 15.2 Å². The predicted octanol–water partition coefficient (Wildman–Crippen LogP) is 2.21. The molecule has 0 spiro atoms. The molecule has 1 aliphatic rings. The van der Waals surface area contributed by atoms with E-state index in [0.717, 1.165) is 31.5 Å². The minimum atomic E-state index is -0.540. The number of hydrogen-bond acceptors (Lipinski definition) is 4. The quantitative estimate of drug-likeness (QED) is 0.615. The zero-order valence-corrected chi connectivity index (χ0v) is 9.14. The summed E-state index contributed by atoms with van der Waals surface area (Å²) in [6.07, 6.45) is 2.14. The van der Waals surface area contributed by atoms with Crippen LogP contribution >= 0.6 is 0 Å². The van der Waals surface area contributed by atoms with Gasteiger partial charge in [-0.15, -0.1) is 0 Å². The Morgan fingerprint density at radius 3 is 2.56 bits per heavy atom. The van der Waals surface area contributed by atoms with E-state index in [4.69, 9.17) is 0 Å². The minimum absolute atomic E-state index is 0.207. The Hall–Kier alpha value is -1.78. The number of aryl methyl sites for hydroxylation is 1. The number of benzene rings is 1. The predicted molar refractivity (Wildman–Crippen MR) is 60.9 cm³/mol. The van der Waals surface area contributed by atoms with Crippen LogP contribution in [-0.4, -0.2) is 23.1 Å². The van der Waals surface area contributed by atoms with Crippen LogP contribution in [0.25, 0.3) is 0 Å². The van der Waals surface area contributed by atoms with Crippen LogP contribution in [0.2, 0.25) is 0 Å². The van der Waals surface area contributed by atoms with E-state index in [0.29, 0.717) is 5.69 Å². The van der Waals surface area contributed by atoms with Gasteiger partial charge in [0.15, 0.2) is 0 Å². The van der Waals surface area contributed by atoms with E-state index in [-0.39, 0.29) is 11.4 Å². The molecule has 1 saturated heterocycles. The number of anilines is 1. The highest BCUT2D eigenvalue weighted by molar-refractivity contribution is 5.68. The first-order valence-electron chi connectivity index (χ1n) is 5.32. The number of nitrogens with zero attached hydrogens (tertiary/aromatic N) is 2. The average Bonchev–Trinajstić information content (AvgIpc) is 2.73. The van der Waals surface area contributed by atoms with Crippen molar-refractivity contribution in [1.29, 1.82) is 0 Å². The summed E-state index contributed by atoms with van der Waals surface area (Å²) in [6.45, 7) is 3.51. The van der Waals surface area contributed by atoms with Gasteiger partial charge in [0.05, 0.1) is 10.6 Å². The molecular weight excluding hydrogens is 208 g/mol. The number of nitro groups is 1. The van der Waals surface area contributed by atoms with Crippen molar-refractivity contribution in [3.63, 3.8) is 0 Å². The van der Waals surface area contributed by atoms with Crippen LogP contribution in [-0.2, 0) is 0 Å². The molecule has 1 N–H and O–H groups in total. The third-order valence-electron chi connectivity index (χ3n) is 2.86. The summed E-state index contributed by atoms with van der Waals surface area (Å²) < 4.78 is 0. The Labute approximate surface area is 93.5 Å². The number of phenols is 1. The number of hydrogen-bond donors (Lipinski definition) is 1. The van der Waals surface area contributed by atoms with Crippen LogP contribution in [0.5, 0.6) is 5.75 Å². The molecule has 16 heavy (non-hydrogen) atoms. The van der Waals surface area contributed by atoms with E-state index >= 15 is 0 Å². The number of phenolic OH excluding ortho intramolecular Hbond substituents is 1. The van der Waals surface area contributed by atoms with Crippen molar-refractivity contribution in [3.05, 3.63) is 27.8 Å². The topological polar surface area (TPSA) is 66.6 Å². The van der Waals surface area contributed by atoms with Crippen LogP contribution in [0, 0.1) is 17.0 Å². The number of rotatable bonds is 2. The van der Waals surface area contributed by atoms with Gasteiger partial charge >= 0.3 is 5.69 Å². The van der Waals surface area contributed by atoms with E-state index in [1.165, 1.54) is 6.07 Å². The smallest absolute Gasteiger partial charge is 0.313 e. The maximum atomic E-state index is 10.8. The van der Waals surface area contributed by atoms with Gasteiger partial charge in [-0.25, -0.2) is 0 Å². The Morgan fingerprint density at radius 1 is 1.38 bits per heavy atom. The fourth-order valence-corrected chi connectivity index (χ4v) is 2.08. The first kappa shape index (κ1) is 10.7. The van der Waals surface area contributed by atoms with Crippen LogP contribution in [0.3, 0.4) is 0 Å². The second-order valence-corrected chi connectivity index (χ2v) is 4.10. The largest absolute Gasteiger partial charge is 0.501 e. The SMILES string of the molecule is Cc1cc(N2CCCC2)c(O)c([N+](=O)[O-])c1. The second kappa shape index (κ2) is 4.00. The Balaban J connectivity index is 2.47. The molecule has 0 aliphatic carbocycles. The molecule has 5 nitrogen and oxygen atoms in total. The van der Waals surface area contributed by atoms with Gasteiger partial charge < -0.3 is 10.0 Å². The molecular formula is C11H14N2O3. The van der Waals surface area contributed by atoms with Gasteiger partial charge in [0.25, 0.3) is 0 Å². The van der Waals surface area contributed by atoms with Crippen LogP contribution < -0.4 is 4.90 Å². The molecule has 0 atom stereocenters. The standard InChI is InChI=1S/C11H14N2O3/c1-8-6-9(12-4-2-3-5-12)11(14)10(7-8)13(15)16/h6-7,14H,2-5H2,1H3. The second-order valence-electron chi connectivity index (χ2n) is 4.10. The van der Waals surface area contributed by atoms with Crippen LogP contribution in [0.1, 0.15) is 18.4 Å². The van der Waals surface area contributed by atoms with E-state index < -0.39 is 4.92 Å². The number of nitro benzene ring substituents is 1. The van der Waals surface area contributed by atoms with Crippen molar-refractivity contribution < 1.29 is 10.0 Å². The van der Waals surface area contributed by atoms with E-state index in [1.807, 2.05) is 4.90 Å². The monoisotopic (exact) mass is 222 g/mol. The molecule has 0 unspecified atom stereocenters. The first-order valence-corrected chi connectivity index (χ1v) is 5.32. The van der Waals surface area contributed by atoms with Crippen molar-refractivity contribution in [3.8, 4) is 5.75 Å². The Bertz CT molecular complexity index is 425. The lowest BCUT2D eigenvalue weighted by molar-refractivity contribution is -0.385. The number of aromatic hydroxyl groups is 1. The van der Waals surface area contributed by atoms with Crippen LogP contribution in [0.4, 0.5) is 11.4 Å². The summed E-state index contributed by atoms with van der Waals surface area (Å²) in [6, 6.07) is 3.20. The fraction of sp³-hybridized carbons (Fsp3) is 0.455. The van der Waals surface area contributed by atoms with Gasteiger partial charge in [-0.1, -0.05) is 0 Å². The van der Waals surface area contributed by atoms with Crippen molar-refractivity contribution in [2.24, 2.45) is 0 Å². The molecule has 86 valence electrons. The van der Waals surface area contributed by atoms with E-state index in [1.54, 1.807) is 13.0 Å². The molecule has 1 heterocycles. The summed E-state index contributed by atoms with van der Waals surface area (Å²) in [5.41, 5.74) is 1.18. The molecule has 0 amide bonds. The van der Waals surface area contributed by atoms with Crippen LogP contribution in [0.15, 0.2) is 12.1 Å². The third-order valence-corrected chi connectivity index (χ3v) is 2.86.